The van der Waals surface area contributed by atoms with Crippen molar-refractivity contribution in [3.63, 3.8) is 0 Å². The fourth-order valence-corrected chi connectivity index (χ4v) is 6.32. The summed E-state index contributed by atoms with van der Waals surface area (Å²) in [6.45, 7) is 2.32. The third-order valence-electron chi connectivity index (χ3n) is 8.60. The number of nitrogens with zero attached hydrogens (tertiary/aromatic N) is 4. The van der Waals surface area contributed by atoms with Gasteiger partial charge in [-0.1, -0.05) is 18.1 Å². The van der Waals surface area contributed by atoms with Crippen molar-refractivity contribution in [1.29, 1.82) is 5.26 Å². The van der Waals surface area contributed by atoms with Gasteiger partial charge in [0.15, 0.2) is 5.82 Å². The molecule has 0 radical (unpaired) electrons. The van der Waals surface area contributed by atoms with Crippen LogP contribution in [0.1, 0.15) is 37.7 Å². The van der Waals surface area contributed by atoms with E-state index in [2.05, 4.69) is 27.3 Å². The first-order valence-electron chi connectivity index (χ1n) is 14.9. The second kappa shape index (κ2) is 12.6. The number of phenols is 1. The van der Waals surface area contributed by atoms with Crippen LogP contribution in [0.15, 0.2) is 36.4 Å². The number of anilines is 1. The fourth-order valence-electron chi connectivity index (χ4n) is 6.32. The molecule has 0 bridgehead atoms. The standard InChI is InChI=1S/C34H32F3N5O2/c1-2-25-29(36)8-5-22-15-24(43)16-28(30(22)25)26-6-7-27-32(31(26)37)40-34(41-33(27)42-12-9-20(17-38)10-13-42)44-19-21-4-3-11-39-18-23(35)14-21/h1,5-8,15-16,20-21,23,39,43H,3-4,9-14,18-19H2/t21-,23-/m1/s1. The number of piperidine rings is 1. The highest BCUT2D eigenvalue weighted by Crippen LogP contribution is 2.40. The minimum Gasteiger partial charge on any atom is -0.508 e. The smallest absolute Gasteiger partial charge is 0.319 e. The number of aromatic nitrogens is 2. The van der Waals surface area contributed by atoms with Crippen LogP contribution in [0.5, 0.6) is 11.8 Å². The van der Waals surface area contributed by atoms with Crippen molar-refractivity contribution in [1.82, 2.24) is 15.3 Å². The van der Waals surface area contributed by atoms with Crippen LogP contribution in [-0.4, -0.2) is 54.0 Å². The number of nitrogens with one attached hydrogen (secondary N) is 1. The first-order valence-corrected chi connectivity index (χ1v) is 14.9. The van der Waals surface area contributed by atoms with Crippen LogP contribution >= 0.6 is 0 Å². The number of aromatic hydroxyl groups is 1. The summed E-state index contributed by atoms with van der Waals surface area (Å²) in [6.07, 6.45) is 7.94. The predicted octanol–water partition coefficient (Wildman–Crippen LogP) is 6.26. The number of halogens is 3. The number of nitriles is 1. The Morgan fingerprint density at radius 3 is 2.68 bits per heavy atom. The van der Waals surface area contributed by atoms with Gasteiger partial charge < -0.3 is 20.1 Å². The maximum absolute atomic E-state index is 16.6. The summed E-state index contributed by atoms with van der Waals surface area (Å²) < 4.78 is 51.8. The van der Waals surface area contributed by atoms with Crippen molar-refractivity contribution in [2.45, 2.75) is 38.3 Å². The Kier molecular flexibility index (Phi) is 8.45. The fraction of sp³-hybridized carbons (Fsp3) is 0.382. The van der Waals surface area contributed by atoms with Gasteiger partial charge in [-0.15, -0.1) is 6.42 Å². The summed E-state index contributed by atoms with van der Waals surface area (Å²) in [5.74, 6) is 1.27. The summed E-state index contributed by atoms with van der Waals surface area (Å²) in [6, 6.07) is 11.0. The van der Waals surface area contributed by atoms with Crippen molar-refractivity contribution in [3.05, 3.63) is 53.6 Å². The van der Waals surface area contributed by atoms with E-state index in [1.54, 1.807) is 12.1 Å². The molecule has 44 heavy (non-hydrogen) atoms. The minimum atomic E-state index is -0.992. The molecular formula is C34H32F3N5O2. The van der Waals surface area contributed by atoms with Gasteiger partial charge in [-0.05, 0) is 79.8 Å². The molecule has 226 valence electrons. The van der Waals surface area contributed by atoms with Gasteiger partial charge >= 0.3 is 6.01 Å². The first-order chi connectivity index (χ1) is 21.4. The molecule has 0 unspecified atom stereocenters. The number of terminal acetylenes is 1. The van der Waals surface area contributed by atoms with E-state index in [0.29, 0.717) is 60.9 Å². The van der Waals surface area contributed by atoms with Crippen LogP contribution in [0.3, 0.4) is 0 Å². The minimum absolute atomic E-state index is 0.00899. The van der Waals surface area contributed by atoms with E-state index in [-0.39, 0.29) is 52.4 Å². The molecule has 6 rings (SSSR count). The van der Waals surface area contributed by atoms with Gasteiger partial charge in [0.2, 0.25) is 0 Å². The second-order valence-electron chi connectivity index (χ2n) is 11.6. The number of alkyl halides is 1. The first kappa shape index (κ1) is 29.5. The zero-order chi connectivity index (χ0) is 30.8. The van der Waals surface area contributed by atoms with Crippen LogP contribution in [-0.2, 0) is 0 Å². The highest BCUT2D eigenvalue weighted by atomic mass is 19.1. The average molecular weight is 600 g/mol. The number of rotatable bonds is 5. The molecule has 0 aliphatic carbocycles. The summed E-state index contributed by atoms with van der Waals surface area (Å²) in [7, 11) is 0. The lowest BCUT2D eigenvalue weighted by Gasteiger charge is -2.31. The zero-order valence-electron chi connectivity index (χ0n) is 24.1. The maximum Gasteiger partial charge on any atom is 0.319 e. The van der Waals surface area contributed by atoms with E-state index < -0.39 is 17.8 Å². The number of ether oxygens (including phenoxy) is 1. The largest absolute Gasteiger partial charge is 0.508 e. The maximum atomic E-state index is 16.6. The van der Waals surface area contributed by atoms with E-state index in [1.165, 1.54) is 24.3 Å². The number of phenolic OH excluding ortho intramolecular Hbond substituents is 1. The third kappa shape index (κ3) is 5.82. The lowest BCUT2D eigenvalue weighted by atomic mass is 9.93. The van der Waals surface area contributed by atoms with Crippen LogP contribution in [0.2, 0.25) is 0 Å². The van der Waals surface area contributed by atoms with E-state index in [1.807, 2.05) is 4.90 Å². The summed E-state index contributed by atoms with van der Waals surface area (Å²) >= 11 is 0. The number of fused-ring (bicyclic) bond motifs is 2. The topological polar surface area (TPSA) is 94.3 Å². The van der Waals surface area contributed by atoms with Gasteiger partial charge in [0, 0.05) is 41.9 Å². The Morgan fingerprint density at radius 1 is 1.09 bits per heavy atom. The Morgan fingerprint density at radius 2 is 1.91 bits per heavy atom. The molecule has 0 saturated carbocycles. The van der Waals surface area contributed by atoms with E-state index in [4.69, 9.17) is 11.2 Å². The molecule has 2 saturated heterocycles. The molecule has 2 fully saturated rings. The van der Waals surface area contributed by atoms with Gasteiger partial charge in [0.25, 0.3) is 0 Å². The SMILES string of the molecule is C#Cc1c(F)ccc2cc(O)cc(-c3ccc4c(N5CCC(C#N)CC5)nc(OC[C@@H]5CCCNC[C@H](F)C5)nc4c3F)c12. The van der Waals surface area contributed by atoms with Gasteiger partial charge in [0.05, 0.1) is 18.2 Å². The number of hydrogen-bond acceptors (Lipinski definition) is 7. The quantitative estimate of drug-likeness (QED) is 0.262. The van der Waals surface area contributed by atoms with Crippen molar-refractivity contribution >= 4 is 27.5 Å². The highest BCUT2D eigenvalue weighted by molar-refractivity contribution is 6.04. The number of hydrogen-bond donors (Lipinski definition) is 2. The molecular weight excluding hydrogens is 567 g/mol. The van der Waals surface area contributed by atoms with Crippen molar-refractivity contribution in [2.75, 3.05) is 37.7 Å². The lowest BCUT2D eigenvalue weighted by Crippen LogP contribution is -2.34. The predicted molar refractivity (Wildman–Crippen MR) is 163 cm³/mol. The number of benzene rings is 3. The van der Waals surface area contributed by atoms with Gasteiger partial charge in [-0.2, -0.15) is 15.2 Å². The van der Waals surface area contributed by atoms with Gasteiger partial charge in [0.1, 0.15) is 29.1 Å². The normalized spacial score (nSPS) is 19.7. The van der Waals surface area contributed by atoms with Crippen LogP contribution in [0, 0.1) is 47.1 Å². The molecule has 3 aromatic carbocycles. The monoisotopic (exact) mass is 599 g/mol. The molecule has 4 aromatic rings. The molecule has 0 amide bonds. The lowest BCUT2D eigenvalue weighted by molar-refractivity contribution is 0.166. The van der Waals surface area contributed by atoms with Crippen LogP contribution in [0.25, 0.3) is 32.8 Å². The Hall–Kier alpha value is -4.54. The van der Waals surface area contributed by atoms with Crippen LogP contribution < -0.4 is 15.0 Å². The third-order valence-corrected chi connectivity index (χ3v) is 8.60. The molecule has 10 heteroatoms. The van der Waals surface area contributed by atoms with Crippen molar-refractivity contribution < 1.29 is 23.0 Å². The molecule has 0 spiro atoms. The summed E-state index contributed by atoms with van der Waals surface area (Å²) in [5.41, 5.74) is 0.254. The van der Waals surface area contributed by atoms with Crippen LogP contribution in [0.4, 0.5) is 19.0 Å². The second-order valence-corrected chi connectivity index (χ2v) is 11.6. The molecule has 1 aromatic heterocycles. The molecule has 3 heterocycles. The molecule has 2 N–H and O–H groups in total. The zero-order valence-corrected chi connectivity index (χ0v) is 24.1. The Balaban J connectivity index is 1.46. The highest BCUT2D eigenvalue weighted by Gasteiger charge is 2.26. The van der Waals surface area contributed by atoms with E-state index >= 15 is 4.39 Å². The summed E-state index contributed by atoms with van der Waals surface area (Å²) in [4.78, 5) is 11.2. The molecule has 2 atom stereocenters. The van der Waals surface area contributed by atoms with E-state index in [0.717, 1.165) is 19.4 Å². The van der Waals surface area contributed by atoms with Gasteiger partial charge in [-0.25, -0.2) is 13.2 Å². The average Bonchev–Trinajstić information content (AvgIpc) is 3.02. The molecule has 7 nitrogen and oxygen atoms in total. The van der Waals surface area contributed by atoms with Crippen molar-refractivity contribution in [2.24, 2.45) is 11.8 Å². The van der Waals surface area contributed by atoms with Crippen molar-refractivity contribution in [3.8, 4) is 41.3 Å². The Bertz CT molecular complexity index is 1790. The van der Waals surface area contributed by atoms with E-state index in [9.17, 15) is 19.1 Å². The Labute approximate surface area is 253 Å². The molecule has 2 aliphatic heterocycles. The molecule has 2 aliphatic rings. The van der Waals surface area contributed by atoms with Gasteiger partial charge in [-0.3, -0.25) is 0 Å². The summed E-state index contributed by atoms with van der Waals surface area (Å²) in [5, 5.41) is 24.2.